The van der Waals surface area contributed by atoms with Crippen molar-refractivity contribution in [2.24, 2.45) is 4.99 Å². The average molecular weight is 248 g/mol. The fourth-order valence-electron chi connectivity index (χ4n) is 3.76. The first-order valence-electron chi connectivity index (χ1n) is 7.62. The van der Waals surface area contributed by atoms with Crippen molar-refractivity contribution in [1.29, 1.82) is 0 Å². The monoisotopic (exact) mass is 248 g/mol. The Hall–Kier alpha value is -0.730. The molecule has 3 nitrogen and oxygen atoms in total. The molecule has 0 amide bonds. The number of nitrogens with zero attached hydrogens (tertiary/aromatic N) is 3. The molecule has 1 aliphatic carbocycles. The van der Waals surface area contributed by atoms with E-state index in [1.165, 1.54) is 64.1 Å². The van der Waals surface area contributed by atoms with Gasteiger partial charge in [0.15, 0.2) is 5.96 Å². The molecule has 2 aliphatic heterocycles. The molecule has 2 heterocycles. The molecule has 0 spiro atoms. The molecule has 18 heavy (non-hydrogen) atoms. The molecule has 102 valence electrons. The van der Waals surface area contributed by atoms with Crippen LogP contribution in [0.2, 0.25) is 0 Å². The van der Waals surface area contributed by atoms with Gasteiger partial charge in [0.05, 0.1) is 0 Å². The second-order valence-electron chi connectivity index (χ2n) is 6.40. The van der Waals surface area contributed by atoms with Gasteiger partial charge in [-0.2, -0.15) is 12.8 Å². The summed E-state index contributed by atoms with van der Waals surface area (Å²) in [6, 6.07) is 0. The Kier molecular flexibility index (Phi) is 3.25. The third-order valence-corrected chi connectivity index (χ3v) is 4.92. The van der Waals surface area contributed by atoms with E-state index < -0.39 is 0 Å². The van der Waals surface area contributed by atoms with Crippen molar-refractivity contribution in [3.63, 3.8) is 0 Å². The zero-order valence-electron chi connectivity index (χ0n) is 11.9. The molecule has 3 heteroatoms. The van der Waals surface area contributed by atoms with Crippen LogP contribution in [0.1, 0.15) is 52.4 Å². The van der Waals surface area contributed by atoms with E-state index in [4.69, 9.17) is 4.99 Å². The average Bonchev–Trinajstić information content (AvgIpc) is 2.92. The molecule has 1 saturated carbocycles. The van der Waals surface area contributed by atoms with Crippen LogP contribution in [-0.4, -0.2) is 47.5 Å². The molecule has 0 atom stereocenters. The third-order valence-electron chi connectivity index (χ3n) is 4.92. The zero-order chi connectivity index (χ0) is 12.6. The topological polar surface area (TPSA) is 18.8 Å². The van der Waals surface area contributed by atoms with Crippen LogP contribution in [0.25, 0.3) is 0 Å². The van der Waals surface area contributed by atoms with Crippen molar-refractivity contribution in [2.45, 2.75) is 57.9 Å². The highest BCUT2D eigenvalue weighted by atomic mass is 15.4. The van der Waals surface area contributed by atoms with E-state index in [1.807, 2.05) is 0 Å². The Balaban J connectivity index is 1.82. The van der Waals surface area contributed by atoms with Gasteiger partial charge in [0.25, 0.3) is 0 Å². The Morgan fingerprint density at radius 2 is 1.72 bits per heavy atom. The van der Waals surface area contributed by atoms with E-state index in [2.05, 4.69) is 23.6 Å². The molecule has 1 saturated heterocycles. The van der Waals surface area contributed by atoms with Crippen LogP contribution in [0.3, 0.4) is 0 Å². The first kappa shape index (κ1) is 12.3. The molecular formula is C15H26N3-. The highest BCUT2D eigenvalue weighted by Crippen LogP contribution is 2.40. The quantitative estimate of drug-likeness (QED) is 0.700. The summed E-state index contributed by atoms with van der Waals surface area (Å²) in [5.41, 5.74) is 0.214. The fraction of sp³-hybridized carbons (Fsp3) is 0.867. The molecule has 2 fully saturated rings. The lowest BCUT2D eigenvalue weighted by atomic mass is 9.84. The van der Waals surface area contributed by atoms with Gasteiger partial charge >= 0.3 is 0 Å². The molecule has 0 aromatic rings. The van der Waals surface area contributed by atoms with Gasteiger partial charge in [-0.05, 0) is 12.8 Å². The second kappa shape index (κ2) is 4.75. The minimum atomic E-state index is 0.214. The van der Waals surface area contributed by atoms with Gasteiger partial charge in [-0.15, -0.1) is 0 Å². The number of guanidine groups is 1. The summed E-state index contributed by atoms with van der Waals surface area (Å²) in [4.78, 5) is 9.92. The molecular weight excluding hydrogens is 222 g/mol. The van der Waals surface area contributed by atoms with Gasteiger partial charge in [0.1, 0.15) is 0 Å². The van der Waals surface area contributed by atoms with Crippen molar-refractivity contribution in [3.8, 4) is 0 Å². The van der Waals surface area contributed by atoms with Crippen LogP contribution in [-0.2, 0) is 0 Å². The number of fused-ring (bicyclic) bond motifs is 1. The van der Waals surface area contributed by atoms with E-state index in [9.17, 15) is 0 Å². The van der Waals surface area contributed by atoms with E-state index in [0.717, 1.165) is 6.54 Å². The second-order valence-corrected chi connectivity index (χ2v) is 6.40. The lowest BCUT2D eigenvalue weighted by Gasteiger charge is -2.57. The molecule has 0 bridgehead atoms. The summed E-state index contributed by atoms with van der Waals surface area (Å²) in [5, 5.41) is 0. The Morgan fingerprint density at radius 1 is 1.00 bits per heavy atom. The van der Waals surface area contributed by atoms with E-state index in [0.29, 0.717) is 0 Å². The lowest BCUT2D eigenvalue weighted by molar-refractivity contribution is 0.149. The molecule has 0 N–H and O–H groups in total. The standard InChI is InChI=1S/C15H26N3/c1-15(2,13-7-3-4-8-13)18-12-6-11-17-10-5-9-16-14(17)18/h3-12H2,1-2H3/q-1. The SMILES string of the molecule is CC(C)([C-]1CCCC1)N1CCCN2CCCN=C21. The smallest absolute Gasteiger partial charge is 0.194 e. The van der Waals surface area contributed by atoms with E-state index >= 15 is 0 Å². The van der Waals surface area contributed by atoms with Crippen molar-refractivity contribution in [3.05, 3.63) is 5.92 Å². The number of rotatable bonds is 2. The predicted octanol–water partition coefficient (Wildman–Crippen LogP) is 2.68. The maximum atomic E-state index is 4.83. The number of hydrogen-bond donors (Lipinski definition) is 0. The van der Waals surface area contributed by atoms with Gasteiger partial charge in [-0.25, -0.2) is 0 Å². The minimum absolute atomic E-state index is 0.214. The van der Waals surface area contributed by atoms with Crippen LogP contribution in [0.5, 0.6) is 0 Å². The number of hydrogen-bond acceptors (Lipinski definition) is 3. The largest absolute Gasteiger partial charge is 0.367 e. The van der Waals surface area contributed by atoms with Crippen LogP contribution < -0.4 is 0 Å². The highest BCUT2D eigenvalue weighted by molar-refractivity contribution is 5.82. The summed E-state index contributed by atoms with van der Waals surface area (Å²) in [7, 11) is 0. The van der Waals surface area contributed by atoms with Crippen LogP contribution in [0.15, 0.2) is 4.99 Å². The van der Waals surface area contributed by atoms with Gasteiger partial charge in [-0.1, -0.05) is 32.2 Å². The number of aliphatic imine (C=N–C) groups is 1. The molecule has 3 aliphatic rings. The van der Waals surface area contributed by atoms with Crippen LogP contribution >= 0.6 is 0 Å². The predicted molar refractivity (Wildman–Crippen MR) is 75.6 cm³/mol. The van der Waals surface area contributed by atoms with Crippen molar-refractivity contribution in [2.75, 3.05) is 26.2 Å². The molecule has 0 aromatic heterocycles. The summed E-state index contributed by atoms with van der Waals surface area (Å²) in [6.45, 7) is 9.45. The third kappa shape index (κ3) is 2.02. The van der Waals surface area contributed by atoms with Gasteiger partial charge in [0.2, 0.25) is 0 Å². The van der Waals surface area contributed by atoms with Gasteiger partial charge in [-0.3, -0.25) is 10.9 Å². The molecule has 0 aromatic carbocycles. The van der Waals surface area contributed by atoms with E-state index in [1.54, 1.807) is 5.92 Å². The first-order valence-corrected chi connectivity index (χ1v) is 7.62. The summed E-state index contributed by atoms with van der Waals surface area (Å²) in [5.74, 6) is 3.04. The summed E-state index contributed by atoms with van der Waals surface area (Å²) in [6.07, 6.45) is 7.96. The molecule has 0 radical (unpaired) electrons. The Bertz CT molecular complexity index is 329. The Morgan fingerprint density at radius 3 is 2.50 bits per heavy atom. The highest BCUT2D eigenvalue weighted by Gasteiger charge is 2.34. The minimum Gasteiger partial charge on any atom is -0.367 e. The molecule has 3 rings (SSSR count). The summed E-state index contributed by atoms with van der Waals surface area (Å²) >= 11 is 0. The van der Waals surface area contributed by atoms with Crippen molar-refractivity contribution in [1.82, 2.24) is 9.80 Å². The summed E-state index contributed by atoms with van der Waals surface area (Å²) < 4.78 is 0. The Labute approximate surface area is 111 Å². The van der Waals surface area contributed by atoms with Crippen molar-refractivity contribution < 1.29 is 0 Å². The lowest BCUT2D eigenvalue weighted by Crippen LogP contribution is -2.61. The van der Waals surface area contributed by atoms with E-state index in [-0.39, 0.29) is 5.54 Å². The van der Waals surface area contributed by atoms with Gasteiger partial charge < -0.3 is 9.80 Å². The fourth-order valence-corrected chi connectivity index (χ4v) is 3.76. The maximum absolute atomic E-state index is 4.83. The van der Waals surface area contributed by atoms with Gasteiger partial charge in [0, 0.05) is 26.2 Å². The first-order chi connectivity index (χ1) is 8.69. The van der Waals surface area contributed by atoms with Crippen LogP contribution in [0, 0.1) is 5.92 Å². The van der Waals surface area contributed by atoms with Crippen LogP contribution in [0.4, 0.5) is 0 Å². The normalized spacial score (nSPS) is 26.2. The molecule has 0 unspecified atom stereocenters. The maximum Gasteiger partial charge on any atom is 0.194 e. The van der Waals surface area contributed by atoms with Crippen molar-refractivity contribution >= 4 is 5.96 Å². The zero-order valence-corrected chi connectivity index (χ0v) is 11.9.